The van der Waals surface area contributed by atoms with Gasteiger partial charge in [-0.2, -0.15) is 0 Å². The molecule has 0 aliphatic rings. The minimum atomic E-state index is -0.432. The Kier molecular flexibility index (Phi) is 4.73. The van der Waals surface area contributed by atoms with Gasteiger partial charge in [-0.25, -0.2) is 0 Å². The van der Waals surface area contributed by atoms with Crippen LogP contribution < -0.4 is 9.47 Å². The number of carbonyl (C=O) groups excluding carboxylic acids is 1. The number of hydrogen-bond acceptors (Lipinski definition) is 5. The minimum Gasteiger partial charge on any atom is -0.493 e. The van der Waals surface area contributed by atoms with Gasteiger partial charge in [-0.3, -0.25) is 14.9 Å². The molecule has 0 radical (unpaired) electrons. The van der Waals surface area contributed by atoms with Gasteiger partial charge in [-0.05, 0) is 36.8 Å². The first-order valence-electron chi connectivity index (χ1n) is 6.55. The van der Waals surface area contributed by atoms with E-state index in [9.17, 15) is 14.9 Å². The molecule has 6 nitrogen and oxygen atoms in total. The van der Waals surface area contributed by atoms with Crippen LogP contribution in [0.1, 0.15) is 21.5 Å². The van der Waals surface area contributed by atoms with Crippen LogP contribution in [-0.2, 0) is 6.61 Å². The highest BCUT2D eigenvalue weighted by Crippen LogP contribution is 2.29. The van der Waals surface area contributed by atoms with Gasteiger partial charge in [0.05, 0.1) is 17.6 Å². The maximum Gasteiger partial charge on any atom is 0.276 e. The Morgan fingerprint density at radius 3 is 2.59 bits per heavy atom. The summed E-state index contributed by atoms with van der Waals surface area (Å²) in [6.07, 6.45) is 0.705. The molecule has 0 saturated carbocycles. The third-order valence-electron chi connectivity index (χ3n) is 3.14. The number of rotatable bonds is 6. The number of nitrogens with zero attached hydrogens (tertiary/aromatic N) is 1. The highest BCUT2D eigenvalue weighted by atomic mass is 16.6. The van der Waals surface area contributed by atoms with Gasteiger partial charge in [0, 0.05) is 11.6 Å². The van der Waals surface area contributed by atoms with E-state index in [0.29, 0.717) is 28.9 Å². The van der Waals surface area contributed by atoms with E-state index in [1.807, 2.05) is 0 Å². The van der Waals surface area contributed by atoms with Crippen molar-refractivity contribution >= 4 is 12.0 Å². The first kappa shape index (κ1) is 15.5. The van der Waals surface area contributed by atoms with Crippen LogP contribution in [-0.4, -0.2) is 18.3 Å². The van der Waals surface area contributed by atoms with Gasteiger partial charge in [0.15, 0.2) is 11.5 Å². The van der Waals surface area contributed by atoms with Crippen molar-refractivity contribution in [1.29, 1.82) is 0 Å². The fraction of sp³-hybridized carbons (Fsp3) is 0.188. The SMILES string of the molecule is COc1cc(C=O)ccc1OCc1ccc(C)cc1[N+](=O)[O-]. The van der Waals surface area contributed by atoms with Gasteiger partial charge in [0.25, 0.3) is 5.69 Å². The first-order valence-corrected chi connectivity index (χ1v) is 6.55. The van der Waals surface area contributed by atoms with Gasteiger partial charge >= 0.3 is 0 Å². The molecule has 0 unspecified atom stereocenters. The maximum atomic E-state index is 11.1. The molecular weight excluding hydrogens is 286 g/mol. The molecule has 0 heterocycles. The number of benzene rings is 2. The van der Waals surface area contributed by atoms with E-state index in [0.717, 1.165) is 5.56 Å². The second kappa shape index (κ2) is 6.71. The summed E-state index contributed by atoms with van der Waals surface area (Å²) in [5.41, 5.74) is 1.76. The third kappa shape index (κ3) is 3.41. The molecule has 0 N–H and O–H groups in total. The number of ether oxygens (including phenoxy) is 2. The van der Waals surface area contributed by atoms with Gasteiger partial charge in [-0.15, -0.1) is 0 Å². The van der Waals surface area contributed by atoms with Crippen molar-refractivity contribution in [2.24, 2.45) is 0 Å². The molecule has 2 aromatic carbocycles. The van der Waals surface area contributed by atoms with Crippen LogP contribution in [0.25, 0.3) is 0 Å². The molecule has 0 atom stereocenters. The van der Waals surface area contributed by atoms with Gasteiger partial charge < -0.3 is 9.47 Å². The number of nitro benzene ring substituents is 1. The molecule has 114 valence electrons. The largest absolute Gasteiger partial charge is 0.493 e. The molecule has 0 spiro atoms. The van der Waals surface area contributed by atoms with Crippen molar-refractivity contribution in [2.75, 3.05) is 7.11 Å². The van der Waals surface area contributed by atoms with Gasteiger partial charge in [-0.1, -0.05) is 6.07 Å². The number of carbonyl (C=O) groups is 1. The molecular formula is C16H15NO5. The number of hydrogen-bond donors (Lipinski definition) is 0. The summed E-state index contributed by atoms with van der Waals surface area (Å²) >= 11 is 0. The van der Waals surface area contributed by atoms with Crippen LogP contribution in [0.4, 0.5) is 5.69 Å². The van der Waals surface area contributed by atoms with E-state index in [2.05, 4.69) is 0 Å². The summed E-state index contributed by atoms with van der Waals surface area (Å²) in [5.74, 6) is 0.822. The lowest BCUT2D eigenvalue weighted by Gasteiger charge is -2.11. The monoisotopic (exact) mass is 301 g/mol. The third-order valence-corrected chi connectivity index (χ3v) is 3.14. The highest BCUT2D eigenvalue weighted by Gasteiger charge is 2.15. The normalized spacial score (nSPS) is 10.1. The lowest BCUT2D eigenvalue weighted by atomic mass is 10.1. The van der Waals surface area contributed by atoms with Crippen molar-refractivity contribution in [3.8, 4) is 11.5 Å². The van der Waals surface area contributed by atoms with E-state index in [4.69, 9.17) is 9.47 Å². The van der Waals surface area contributed by atoms with Crippen LogP contribution in [0.15, 0.2) is 36.4 Å². The second-order valence-electron chi connectivity index (χ2n) is 4.71. The average Bonchev–Trinajstić information content (AvgIpc) is 2.53. The van der Waals surface area contributed by atoms with Crippen molar-refractivity contribution < 1.29 is 19.2 Å². The molecule has 0 bridgehead atoms. The Bertz CT molecular complexity index is 712. The van der Waals surface area contributed by atoms with Crippen LogP contribution >= 0.6 is 0 Å². The van der Waals surface area contributed by atoms with E-state index in [1.165, 1.54) is 13.2 Å². The molecule has 2 aromatic rings. The Hall–Kier alpha value is -2.89. The lowest BCUT2D eigenvalue weighted by Crippen LogP contribution is -2.02. The summed E-state index contributed by atoms with van der Waals surface area (Å²) in [7, 11) is 1.46. The predicted molar refractivity (Wildman–Crippen MR) is 80.5 cm³/mol. The molecule has 6 heteroatoms. The van der Waals surface area contributed by atoms with Crippen molar-refractivity contribution in [3.63, 3.8) is 0 Å². The Morgan fingerprint density at radius 2 is 1.95 bits per heavy atom. The van der Waals surface area contributed by atoms with Crippen molar-refractivity contribution in [1.82, 2.24) is 0 Å². The standard InChI is InChI=1S/C16H15NO5/c1-11-3-5-13(14(7-11)17(19)20)10-22-15-6-4-12(9-18)8-16(15)21-2/h3-9H,10H2,1-2H3. The fourth-order valence-corrected chi connectivity index (χ4v) is 2.00. The van der Waals surface area contributed by atoms with E-state index in [1.54, 1.807) is 37.3 Å². The molecule has 22 heavy (non-hydrogen) atoms. The lowest BCUT2D eigenvalue weighted by molar-refractivity contribution is -0.385. The van der Waals surface area contributed by atoms with E-state index >= 15 is 0 Å². The van der Waals surface area contributed by atoms with Gasteiger partial charge in [0.1, 0.15) is 12.9 Å². The second-order valence-corrected chi connectivity index (χ2v) is 4.71. The summed E-state index contributed by atoms with van der Waals surface area (Å²) in [5, 5.41) is 11.1. The first-order chi connectivity index (χ1) is 10.5. The molecule has 2 rings (SSSR count). The zero-order valence-corrected chi connectivity index (χ0v) is 12.2. The van der Waals surface area contributed by atoms with Gasteiger partial charge in [0.2, 0.25) is 0 Å². The Balaban J connectivity index is 2.23. The van der Waals surface area contributed by atoms with Crippen LogP contribution in [0.3, 0.4) is 0 Å². The number of methoxy groups -OCH3 is 1. The van der Waals surface area contributed by atoms with Crippen molar-refractivity contribution in [2.45, 2.75) is 13.5 Å². The Labute approximate surface area is 127 Å². The zero-order valence-electron chi connectivity index (χ0n) is 12.2. The predicted octanol–water partition coefficient (Wildman–Crippen LogP) is 3.30. The topological polar surface area (TPSA) is 78.7 Å². The summed E-state index contributed by atoms with van der Waals surface area (Å²) < 4.78 is 10.8. The molecule has 0 aromatic heterocycles. The Morgan fingerprint density at radius 1 is 1.18 bits per heavy atom. The molecule has 0 fully saturated rings. The summed E-state index contributed by atoms with van der Waals surface area (Å²) in [6.45, 7) is 1.83. The van der Waals surface area contributed by atoms with Crippen LogP contribution in [0.2, 0.25) is 0 Å². The summed E-state index contributed by atoms with van der Waals surface area (Å²) in [4.78, 5) is 21.4. The molecule has 0 aliphatic carbocycles. The smallest absolute Gasteiger partial charge is 0.276 e. The van der Waals surface area contributed by atoms with E-state index in [-0.39, 0.29) is 12.3 Å². The number of aryl methyl sites for hydroxylation is 1. The number of aldehydes is 1. The average molecular weight is 301 g/mol. The van der Waals surface area contributed by atoms with Crippen molar-refractivity contribution in [3.05, 3.63) is 63.2 Å². The number of nitro groups is 1. The minimum absolute atomic E-state index is 0.0171. The molecule has 0 amide bonds. The summed E-state index contributed by atoms with van der Waals surface area (Å²) in [6, 6.07) is 9.70. The highest BCUT2D eigenvalue weighted by molar-refractivity contribution is 5.76. The zero-order chi connectivity index (χ0) is 16.1. The van der Waals surface area contributed by atoms with Crippen LogP contribution in [0.5, 0.6) is 11.5 Å². The molecule has 0 saturated heterocycles. The quantitative estimate of drug-likeness (QED) is 0.464. The maximum absolute atomic E-state index is 11.1. The van der Waals surface area contributed by atoms with Crippen LogP contribution in [0, 0.1) is 17.0 Å². The fourth-order valence-electron chi connectivity index (χ4n) is 2.00. The van der Waals surface area contributed by atoms with E-state index < -0.39 is 4.92 Å². The molecule has 0 aliphatic heterocycles.